The molecule has 0 aromatic heterocycles. The van der Waals surface area contributed by atoms with Crippen LogP contribution in [-0.4, -0.2) is 34.7 Å². The Kier molecular flexibility index (Phi) is 6.95. The highest BCUT2D eigenvalue weighted by Crippen LogP contribution is 2.32. The predicted molar refractivity (Wildman–Crippen MR) is 85.0 cm³/mol. The van der Waals surface area contributed by atoms with Crippen LogP contribution in [0.15, 0.2) is 17.0 Å². The minimum atomic E-state index is -3.65. The van der Waals surface area contributed by atoms with E-state index < -0.39 is 15.6 Å². The molecule has 1 rings (SSSR count). The Morgan fingerprint density at radius 2 is 1.67 bits per heavy atom. The zero-order chi connectivity index (χ0) is 15.6. The van der Waals surface area contributed by atoms with Crippen molar-refractivity contribution < 1.29 is 17.9 Å². The maximum Gasteiger partial charge on any atom is 0.241 e. The number of hydrogen-bond donors (Lipinski definition) is 2. The van der Waals surface area contributed by atoms with Crippen LogP contribution in [0.4, 0.5) is 0 Å². The minimum Gasteiger partial charge on any atom is -0.493 e. The zero-order valence-electron chi connectivity index (χ0n) is 12.9. The first kappa shape index (κ1) is 20.0. The zero-order valence-corrected chi connectivity index (χ0v) is 14.5. The summed E-state index contributed by atoms with van der Waals surface area (Å²) in [7, 11) is -0.688. The van der Waals surface area contributed by atoms with Crippen LogP contribution in [0.2, 0.25) is 0 Å². The molecule has 1 aromatic carbocycles. The Balaban J connectivity index is 0.00000400. The Bertz CT molecular complexity index is 583. The van der Waals surface area contributed by atoms with Gasteiger partial charge in [0.2, 0.25) is 10.0 Å². The first-order valence-corrected chi connectivity index (χ1v) is 7.60. The van der Waals surface area contributed by atoms with Gasteiger partial charge in [-0.25, -0.2) is 13.1 Å². The van der Waals surface area contributed by atoms with E-state index in [0.29, 0.717) is 17.1 Å². The monoisotopic (exact) mass is 338 g/mol. The second-order valence-corrected chi connectivity index (χ2v) is 7.02. The lowest BCUT2D eigenvalue weighted by Gasteiger charge is -2.20. The number of methoxy groups -OCH3 is 2. The third kappa shape index (κ3) is 5.35. The number of benzene rings is 1. The summed E-state index contributed by atoms with van der Waals surface area (Å²) < 4.78 is 37.4. The Morgan fingerprint density at radius 3 is 2.10 bits per heavy atom. The summed E-state index contributed by atoms with van der Waals surface area (Å²) in [6.07, 6.45) is 0. The molecule has 0 saturated heterocycles. The van der Waals surface area contributed by atoms with Gasteiger partial charge in [-0.3, -0.25) is 0 Å². The van der Waals surface area contributed by atoms with Crippen molar-refractivity contribution in [2.45, 2.75) is 31.2 Å². The van der Waals surface area contributed by atoms with Crippen molar-refractivity contribution in [1.29, 1.82) is 0 Å². The van der Waals surface area contributed by atoms with Crippen LogP contribution in [-0.2, 0) is 10.0 Å². The molecule has 0 aliphatic rings. The first-order valence-electron chi connectivity index (χ1n) is 6.12. The molecule has 0 aliphatic carbocycles. The van der Waals surface area contributed by atoms with Crippen LogP contribution in [0.3, 0.4) is 0 Å². The molecular weight excluding hydrogens is 316 g/mol. The molecule has 0 fully saturated rings. The minimum absolute atomic E-state index is 0. The van der Waals surface area contributed by atoms with Gasteiger partial charge in [0.05, 0.1) is 19.1 Å². The lowest BCUT2D eigenvalue weighted by Crippen LogP contribution is -2.45. The predicted octanol–water partition coefficient (Wildman–Crippen LogP) is 1.45. The number of ether oxygens (including phenoxy) is 2. The molecule has 122 valence electrons. The van der Waals surface area contributed by atoms with E-state index in [1.807, 2.05) is 0 Å². The Hall–Kier alpha value is -1.02. The summed E-state index contributed by atoms with van der Waals surface area (Å²) >= 11 is 0. The number of nitrogens with one attached hydrogen (secondary N) is 1. The van der Waals surface area contributed by atoms with Gasteiger partial charge in [-0.05, 0) is 32.4 Å². The fourth-order valence-corrected chi connectivity index (χ4v) is 3.07. The molecule has 0 saturated carbocycles. The molecule has 3 N–H and O–H groups in total. The molecule has 0 spiro atoms. The quantitative estimate of drug-likeness (QED) is 0.819. The molecule has 0 aliphatic heterocycles. The van der Waals surface area contributed by atoms with Crippen LogP contribution in [0.25, 0.3) is 0 Å². The number of hydrogen-bond acceptors (Lipinski definition) is 5. The van der Waals surface area contributed by atoms with Gasteiger partial charge in [0.1, 0.15) is 0 Å². The SMILES string of the molecule is COc1cc(C)c(S(=O)(=O)NCC(C)(C)N)cc1OC.Cl. The molecular formula is C13H23ClN2O4S. The second kappa shape index (κ2) is 7.31. The molecule has 0 heterocycles. The van der Waals surface area contributed by atoms with Crippen molar-refractivity contribution in [3.05, 3.63) is 17.7 Å². The molecule has 0 bridgehead atoms. The third-order valence-corrected chi connectivity index (χ3v) is 4.23. The topological polar surface area (TPSA) is 90.7 Å². The van der Waals surface area contributed by atoms with Crippen molar-refractivity contribution >= 4 is 22.4 Å². The van der Waals surface area contributed by atoms with Gasteiger partial charge in [-0.2, -0.15) is 0 Å². The van der Waals surface area contributed by atoms with Crippen molar-refractivity contribution in [1.82, 2.24) is 4.72 Å². The van der Waals surface area contributed by atoms with Crippen molar-refractivity contribution in [3.63, 3.8) is 0 Å². The average Bonchev–Trinajstić information content (AvgIpc) is 2.35. The van der Waals surface area contributed by atoms with Gasteiger partial charge in [-0.15, -0.1) is 12.4 Å². The summed E-state index contributed by atoms with van der Waals surface area (Å²) in [5, 5.41) is 0. The Morgan fingerprint density at radius 1 is 1.19 bits per heavy atom. The standard InChI is InChI=1S/C13H22N2O4S.ClH/c1-9-6-10(18-4)11(19-5)7-12(9)20(16,17)15-8-13(2,3)14;/h6-7,15H,8,14H2,1-5H3;1H. The third-order valence-electron chi connectivity index (χ3n) is 2.69. The first-order chi connectivity index (χ1) is 9.10. The molecule has 8 heteroatoms. The van der Waals surface area contributed by atoms with Crippen molar-refractivity contribution in [3.8, 4) is 11.5 Å². The van der Waals surface area contributed by atoms with Crippen molar-refractivity contribution in [2.75, 3.05) is 20.8 Å². The van der Waals surface area contributed by atoms with E-state index in [9.17, 15) is 8.42 Å². The van der Waals surface area contributed by atoms with Gasteiger partial charge < -0.3 is 15.2 Å². The summed E-state index contributed by atoms with van der Waals surface area (Å²) in [4.78, 5) is 0.152. The number of sulfonamides is 1. The molecule has 0 amide bonds. The summed E-state index contributed by atoms with van der Waals surface area (Å²) in [5.41, 5.74) is 5.74. The largest absolute Gasteiger partial charge is 0.493 e. The van der Waals surface area contributed by atoms with E-state index in [0.717, 1.165) is 0 Å². The van der Waals surface area contributed by atoms with Gasteiger partial charge in [-0.1, -0.05) is 0 Å². The molecule has 0 atom stereocenters. The van der Waals surface area contributed by atoms with Crippen LogP contribution in [0.1, 0.15) is 19.4 Å². The fourth-order valence-electron chi connectivity index (χ4n) is 1.61. The molecule has 21 heavy (non-hydrogen) atoms. The smallest absolute Gasteiger partial charge is 0.241 e. The van der Waals surface area contributed by atoms with Gasteiger partial charge in [0.25, 0.3) is 0 Å². The van der Waals surface area contributed by atoms with E-state index in [-0.39, 0.29) is 23.8 Å². The number of rotatable bonds is 6. The van der Waals surface area contributed by atoms with Crippen LogP contribution in [0, 0.1) is 6.92 Å². The number of halogens is 1. The van der Waals surface area contributed by atoms with E-state index in [1.54, 1.807) is 26.8 Å². The van der Waals surface area contributed by atoms with Gasteiger partial charge in [0.15, 0.2) is 11.5 Å². The van der Waals surface area contributed by atoms with E-state index in [1.165, 1.54) is 20.3 Å². The fraction of sp³-hybridized carbons (Fsp3) is 0.538. The maximum atomic E-state index is 12.3. The van der Waals surface area contributed by atoms with Gasteiger partial charge in [0, 0.05) is 18.2 Å². The highest BCUT2D eigenvalue weighted by molar-refractivity contribution is 7.89. The average molecular weight is 339 g/mol. The lowest BCUT2D eigenvalue weighted by atomic mass is 10.1. The van der Waals surface area contributed by atoms with Gasteiger partial charge >= 0.3 is 0 Å². The maximum absolute atomic E-state index is 12.3. The van der Waals surface area contributed by atoms with Crippen LogP contribution < -0.4 is 19.9 Å². The highest BCUT2D eigenvalue weighted by Gasteiger charge is 2.22. The number of nitrogens with two attached hydrogens (primary N) is 1. The van der Waals surface area contributed by atoms with Crippen molar-refractivity contribution in [2.24, 2.45) is 5.73 Å². The van der Waals surface area contributed by atoms with Crippen LogP contribution in [0.5, 0.6) is 11.5 Å². The number of aryl methyl sites for hydroxylation is 1. The summed E-state index contributed by atoms with van der Waals surface area (Å²) in [6, 6.07) is 3.07. The van der Waals surface area contributed by atoms with E-state index in [4.69, 9.17) is 15.2 Å². The molecule has 0 radical (unpaired) electrons. The molecule has 6 nitrogen and oxygen atoms in total. The lowest BCUT2D eigenvalue weighted by molar-refractivity contribution is 0.353. The van der Waals surface area contributed by atoms with Crippen LogP contribution >= 0.6 is 12.4 Å². The second-order valence-electron chi connectivity index (χ2n) is 5.29. The van der Waals surface area contributed by atoms with E-state index in [2.05, 4.69) is 4.72 Å². The summed E-state index contributed by atoms with van der Waals surface area (Å²) in [6.45, 7) is 5.33. The summed E-state index contributed by atoms with van der Waals surface area (Å²) in [5.74, 6) is 0.855. The van der Waals surface area contributed by atoms with E-state index >= 15 is 0 Å². The normalized spacial score (nSPS) is 11.7. The highest BCUT2D eigenvalue weighted by atomic mass is 35.5. The molecule has 0 unspecified atom stereocenters. The molecule has 1 aromatic rings. The Labute approximate surface area is 132 Å².